The molecule has 0 rings (SSSR count). The Morgan fingerprint density at radius 1 is 0.750 bits per heavy atom. The third-order valence-corrected chi connectivity index (χ3v) is 4.20. The second-order valence-electron chi connectivity index (χ2n) is 6.25. The summed E-state index contributed by atoms with van der Waals surface area (Å²) in [6.45, 7) is 4.33. The van der Waals surface area contributed by atoms with Crippen LogP contribution >= 0.6 is 0 Å². The molecule has 0 spiro atoms. The van der Waals surface area contributed by atoms with E-state index in [1.54, 1.807) is 7.11 Å². The van der Waals surface area contributed by atoms with Gasteiger partial charge in [0.15, 0.2) is 0 Å². The molecule has 0 saturated carbocycles. The van der Waals surface area contributed by atoms with Gasteiger partial charge in [0.1, 0.15) is 0 Å². The number of rotatable bonds is 15. The number of hydrogen-bond acceptors (Lipinski definition) is 2. The Balaban J connectivity index is 3.15. The molecule has 0 aliphatic rings. The third kappa shape index (κ3) is 14.3. The van der Waals surface area contributed by atoms with Gasteiger partial charge in [-0.3, -0.25) is 0 Å². The summed E-state index contributed by atoms with van der Waals surface area (Å²) in [5.41, 5.74) is 0. The fraction of sp³-hybridized carbons (Fsp3) is 1.00. The van der Waals surface area contributed by atoms with Crippen molar-refractivity contribution in [2.45, 2.75) is 110 Å². The summed E-state index contributed by atoms with van der Waals surface area (Å²) in [5, 5.41) is 9.86. The number of ether oxygens (including phenoxy) is 1. The molecule has 1 N–H and O–H groups in total. The first kappa shape index (κ1) is 19.9. The van der Waals surface area contributed by atoms with Crippen LogP contribution in [0.25, 0.3) is 0 Å². The highest BCUT2D eigenvalue weighted by atomic mass is 16.5. The molecule has 0 radical (unpaired) electrons. The largest absolute Gasteiger partial charge is 0.393 e. The molecule has 0 bridgehead atoms. The summed E-state index contributed by atoms with van der Waals surface area (Å²) in [6, 6.07) is 0. The molecular formula is C18H38O2. The van der Waals surface area contributed by atoms with Gasteiger partial charge in [-0.05, 0) is 26.2 Å². The maximum atomic E-state index is 9.86. The van der Waals surface area contributed by atoms with E-state index in [0.717, 1.165) is 19.3 Å². The minimum Gasteiger partial charge on any atom is -0.393 e. The summed E-state index contributed by atoms with van der Waals surface area (Å²) in [6.07, 6.45) is 16.5. The van der Waals surface area contributed by atoms with E-state index in [9.17, 15) is 5.11 Å². The van der Waals surface area contributed by atoms with Crippen LogP contribution in [0.5, 0.6) is 0 Å². The third-order valence-electron chi connectivity index (χ3n) is 4.20. The van der Waals surface area contributed by atoms with Crippen molar-refractivity contribution in [2.75, 3.05) is 7.11 Å². The predicted molar refractivity (Wildman–Crippen MR) is 88.2 cm³/mol. The van der Waals surface area contributed by atoms with Gasteiger partial charge >= 0.3 is 0 Å². The molecule has 0 aromatic heterocycles. The molecule has 0 aliphatic heterocycles. The minimum atomic E-state index is -0.123. The second kappa shape index (κ2) is 15.3. The standard InChI is InChI=1S/C18H38O2/c1-4-5-6-7-8-9-10-11-12-13-14-18(19)16-15-17(2)20-3/h17-19H,4-16H2,1-3H3. The fourth-order valence-corrected chi connectivity index (χ4v) is 2.56. The highest BCUT2D eigenvalue weighted by Crippen LogP contribution is 2.14. The van der Waals surface area contributed by atoms with Gasteiger partial charge in [0.25, 0.3) is 0 Å². The van der Waals surface area contributed by atoms with E-state index in [2.05, 4.69) is 13.8 Å². The number of methoxy groups -OCH3 is 1. The van der Waals surface area contributed by atoms with E-state index < -0.39 is 0 Å². The topological polar surface area (TPSA) is 29.5 Å². The van der Waals surface area contributed by atoms with Crippen LogP contribution in [-0.4, -0.2) is 24.4 Å². The summed E-state index contributed by atoms with van der Waals surface area (Å²) in [5.74, 6) is 0. The van der Waals surface area contributed by atoms with E-state index in [1.165, 1.54) is 64.2 Å². The molecule has 0 fully saturated rings. The molecule has 0 heterocycles. The molecule has 2 unspecified atom stereocenters. The molecule has 0 aromatic rings. The van der Waals surface area contributed by atoms with Gasteiger partial charge in [0.2, 0.25) is 0 Å². The van der Waals surface area contributed by atoms with Crippen LogP contribution in [-0.2, 0) is 4.74 Å². The lowest BCUT2D eigenvalue weighted by atomic mass is 10.0. The predicted octanol–water partition coefficient (Wildman–Crippen LogP) is 5.47. The number of aliphatic hydroxyl groups is 1. The monoisotopic (exact) mass is 286 g/mol. The van der Waals surface area contributed by atoms with Crippen LogP contribution in [0.4, 0.5) is 0 Å². The van der Waals surface area contributed by atoms with Gasteiger partial charge in [-0.2, -0.15) is 0 Å². The van der Waals surface area contributed by atoms with Crippen molar-refractivity contribution in [3.63, 3.8) is 0 Å². The molecule has 0 saturated heterocycles. The van der Waals surface area contributed by atoms with Gasteiger partial charge in [-0.15, -0.1) is 0 Å². The van der Waals surface area contributed by atoms with Crippen LogP contribution in [0.3, 0.4) is 0 Å². The van der Waals surface area contributed by atoms with Gasteiger partial charge in [-0.1, -0.05) is 71.1 Å². The van der Waals surface area contributed by atoms with Crippen molar-refractivity contribution in [1.29, 1.82) is 0 Å². The Hall–Kier alpha value is -0.0800. The number of hydrogen-bond donors (Lipinski definition) is 1. The van der Waals surface area contributed by atoms with Crippen LogP contribution in [0, 0.1) is 0 Å². The first-order valence-electron chi connectivity index (χ1n) is 8.91. The maximum absolute atomic E-state index is 9.86. The first-order valence-corrected chi connectivity index (χ1v) is 8.91. The molecule has 2 heteroatoms. The summed E-state index contributed by atoms with van der Waals surface area (Å²) in [7, 11) is 1.74. The van der Waals surface area contributed by atoms with Crippen LogP contribution in [0.2, 0.25) is 0 Å². The zero-order chi connectivity index (χ0) is 15.1. The SMILES string of the molecule is CCCCCCCCCCCCC(O)CCC(C)OC. The van der Waals surface area contributed by atoms with Crippen molar-refractivity contribution in [3.8, 4) is 0 Å². The van der Waals surface area contributed by atoms with Gasteiger partial charge in [-0.25, -0.2) is 0 Å². The maximum Gasteiger partial charge on any atom is 0.0544 e. The van der Waals surface area contributed by atoms with E-state index in [4.69, 9.17) is 4.74 Å². The van der Waals surface area contributed by atoms with Crippen molar-refractivity contribution in [3.05, 3.63) is 0 Å². The molecule has 20 heavy (non-hydrogen) atoms. The summed E-state index contributed by atoms with van der Waals surface area (Å²) >= 11 is 0. The first-order chi connectivity index (χ1) is 9.70. The van der Waals surface area contributed by atoms with E-state index in [1.807, 2.05) is 0 Å². The van der Waals surface area contributed by atoms with Crippen molar-refractivity contribution in [2.24, 2.45) is 0 Å². The Kier molecular flexibility index (Phi) is 15.3. The van der Waals surface area contributed by atoms with Crippen LogP contribution < -0.4 is 0 Å². The lowest BCUT2D eigenvalue weighted by Crippen LogP contribution is -2.12. The zero-order valence-corrected chi connectivity index (χ0v) is 14.2. The average molecular weight is 286 g/mol. The van der Waals surface area contributed by atoms with Crippen molar-refractivity contribution in [1.82, 2.24) is 0 Å². The average Bonchev–Trinajstić information content (AvgIpc) is 2.46. The van der Waals surface area contributed by atoms with Gasteiger partial charge in [0.05, 0.1) is 12.2 Å². The molecule has 0 amide bonds. The molecular weight excluding hydrogens is 248 g/mol. The second-order valence-corrected chi connectivity index (χ2v) is 6.25. The van der Waals surface area contributed by atoms with E-state index in [-0.39, 0.29) is 12.2 Å². The number of aliphatic hydroxyl groups excluding tert-OH is 1. The fourth-order valence-electron chi connectivity index (χ4n) is 2.56. The lowest BCUT2D eigenvalue weighted by molar-refractivity contribution is 0.0816. The Morgan fingerprint density at radius 2 is 1.25 bits per heavy atom. The van der Waals surface area contributed by atoms with E-state index >= 15 is 0 Å². The van der Waals surface area contributed by atoms with Crippen molar-refractivity contribution >= 4 is 0 Å². The number of unbranched alkanes of at least 4 members (excludes halogenated alkanes) is 9. The van der Waals surface area contributed by atoms with Gasteiger partial charge in [0, 0.05) is 7.11 Å². The normalized spacial score (nSPS) is 14.4. The van der Waals surface area contributed by atoms with E-state index in [0.29, 0.717) is 0 Å². The minimum absolute atomic E-state index is 0.123. The molecule has 2 atom stereocenters. The molecule has 0 aliphatic carbocycles. The lowest BCUT2D eigenvalue weighted by Gasteiger charge is -2.13. The molecule has 2 nitrogen and oxygen atoms in total. The summed E-state index contributed by atoms with van der Waals surface area (Å²) < 4.78 is 5.19. The highest BCUT2D eigenvalue weighted by Gasteiger charge is 2.07. The van der Waals surface area contributed by atoms with Crippen LogP contribution in [0.15, 0.2) is 0 Å². The Bertz CT molecular complexity index is 182. The highest BCUT2D eigenvalue weighted by molar-refractivity contribution is 4.60. The van der Waals surface area contributed by atoms with Crippen LogP contribution in [0.1, 0.15) is 97.3 Å². The smallest absolute Gasteiger partial charge is 0.0544 e. The Morgan fingerprint density at radius 3 is 1.75 bits per heavy atom. The summed E-state index contributed by atoms with van der Waals surface area (Å²) in [4.78, 5) is 0. The van der Waals surface area contributed by atoms with Gasteiger partial charge < -0.3 is 9.84 Å². The molecule has 0 aromatic carbocycles. The zero-order valence-electron chi connectivity index (χ0n) is 14.2. The quantitative estimate of drug-likeness (QED) is 0.404. The Labute approximate surface area is 127 Å². The molecule has 122 valence electrons. The van der Waals surface area contributed by atoms with Crippen molar-refractivity contribution < 1.29 is 9.84 Å².